The Morgan fingerprint density at radius 3 is 2.00 bits per heavy atom. The van der Waals surface area contributed by atoms with E-state index in [0.29, 0.717) is 4.90 Å². The second-order valence-electron chi connectivity index (χ2n) is 1.55. The maximum absolute atomic E-state index is 10.2. The van der Waals surface area contributed by atoms with Gasteiger partial charge in [0.15, 0.2) is 0 Å². The Hall–Kier alpha value is -0.0466. The van der Waals surface area contributed by atoms with E-state index in [9.17, 15) is 8.76 Å². The third-order valence-corrected chi connectivity index (χ3v) is 1.59. The molecule has 0 spiro atoms. The summed E-state index contributed by atoms with van der Waals surface area (Å²) in [6.45, 7) is 0. The first-order chi connectivity index (χ1) is 4.30. The van der Waals surface area contributed by atoms with Crippen molar-refractivity contribution in [3.63, 3.8) is 0 Å². The van der Waals surface area contributed by atoms with Crippen LogP contribution in [-0.4, -0.2) is 8.76 Å². The van der Waals surface area contributed by atoms with E-state index in [0.717, 1.165) is 0 Å². The van der Waals surface area contributed by atoms with Gasteiger partial charge in [0, 0.05) is 24.4 Å². The van der Waals surface area contributed by atoms with Crippen LogP contribution in [0.3, 0.4) is 0 Å². The smallest absolute Gasteiger partial charge is 0.0248 e. The fraction of sp³-hybridized carbons (Fsp3) is 0. The molecule has 4 heteroatoms. The second kappa shape index (κ2) is 4.72. The van der Waals surface area contributed by atoms with E-state index in [1.165, 1.54) is 0 Å². The SMILES string of the molecule is O=S([O-])c1ccccc1.[Zn]. The molecule has 0 saturated heterocycles. The largest absolute Gasteiger partial charge is 0.768 e. The Morgan fingerprint density at radius 1 is 1.20 bits per heavy atom. The molecule has 2 nitrogen and oxygen atoms in total. The van der Waals surface area contributed by atoms with Crippen LogP contribution in [0.25, 0.3) is 0 Å². The monoisotopic (exact) mass is 205 g/mol. The Morgan fingerprint density at radius 2 is 1.70 bits per heavy atom. The van der Waals surface area contributed by atoms with Crippen LogP contribution < -0.4 is 0 Å². The zero-order valence-corrected chi connectivity index (χ0v) is 9.10. The molecular weight excluding hydrogens is 202 g/mol. The summed E-state index contributed by atoms with van der Waals surface area (Å²) in [5.74, 6) is 0. The average molecular weight is 207 g/mol. The van der Waals surface area contributed by atoms with E-state index in [1.54, 1.807) is 30.3 Å². The van der Waals surface area contributed by atoms with Gasteiger partial charge >= 0.3 is 0 Å². The zero-order chi connectivity index (χ0) is 6.69. The molecule has 1 aromatic rings. The minimum absolute atomic E-state index is 0. The van der Waals surface area contributed by atoms with E-state index in [4.69, 9.17) is 0 Å². The summed E-state index contributed by atoms with van der Waals surface area (Å²) in [5.41, 5.74) is 0. The summed E-state index contributed by atoms with van der Waals surface area (Å²) in [4.78, 5) is 0.331. The van der Waals surface area contributed by atoms with Crippen molar-refractivity contribution in [3.8, 4) is 0 Å². The van der Waals surface area contributed by atoms with Gasteiger partial charge in [0.05, 0.1) is 0 Å². The van der Waals surface area contributed by atoms with E-state index in [-0.39, 0.29) is 19.5 Å². The van der Waals surface area contributed by atoms with Crippen molar-refractivity contribution in [1.29, 1.82) is 0 Å². The van der Waals surface area contributed by atoms with Crippen molar-refractivity contribution >= 4 is 11.1 Å². The summed E-state index contributed by atoms with van der Waals surface area (Å²) in [6, 6.07) is 8.23. The van der Waals surface area contributed by atoms with Crippen LogP contribution in [0.4, 0.5) is 0 Å². The van der Waals surface area contributed by atoms with Crippen LogP contribution in [0.1, 0.15) is 0 Å². The Kier molecular flexibility index (Phi) is 4.70. The van der Waals surface area contributed by atoms with E-state index in [2.05, 4.69) is 0 Å². The van der Waals surface area contributed by atoms with Crippen molar-refractivity contribution < 1.29 is 28.2 Å². The number of benzene rings is 1. The Bertz CT molecular complexity index is 212. The normalized spacial score (nSPS) is 11.7. The van der Waals surface area contributed by atoms with Crippen molar-refractivity contribution in [3.05, 3.63) is 30.3 Å². The summed E-state index contributed by atoms with van der Waals surface area (Å²) in [5, 5.41) is 0. The van der Waals surface area contributed by atoms with Crippen LogP contribution in [0.5, 0.6) is 0 Å². The van der Waals surface area contributed by atoms with Crippen molar-refractivity contribution in [2.75, 3.05) is 0 Å². The molecule has 0 radical (unpaired) electrons. The molecule has 0 aliphatic heterocycles. The van der Waals surface area contributed by atoms with Gasteiger partial charge in [-0.05, 0) is 23.2 Å². The average Bonchev–Trinajstić information content (AvgIpc) is 1.90. The minimum Gasteiger partial charge on any atom is -0.768 e. The number of rotatable bonds is 1. The summed E-state index contributed by atoms with van der Waals surface area (Å²) in [7, 11) is 0. The fourth-order valence-corrected chi connectivity index (χ4v) is 0.911. The van der Waals surface area contributed by atoms with Crippen LogP contribution >= 0.6 is 0 Å². The van der Waals surface area contributed by atoms with Crippen LogP contribution in [0.15, 0.2) is 35.2 Å². The molecule has 0 aromatic heterocycles. The second-order valence-corrected chi connectivity index (χ2v) is 2.49. The summed E-state index contributed by atoms with van der Waals surface area (Å²) in [6.07, 6.45) is 0. The molecule has 1 rings (SSSR count). The van der Waals surface area contributed by atoms with Gasteiger partial charge in [-0.2, -0.15) is 0 Å². The van der Waals surface area contributed by atoms with Crippen molar-refractivity contribution in [2.24, 2.45) is 0 Å². The first kappa shape index (κ1) is 9.95. The molecule has 0 aliphatic carbocycles. The molecule has 0 aliphatic rings. The Balaban J connectivity index is 0.000000810. The molecule has 0 N–H and O–H groups in total. The van der Waals surface area contributed by atoms with Gasteiger partial charge in [-0.25, -0.2) is 0 Å². The van der Waals surface area contributed by atoms with E-state index in [1.807, 2.05) is 0 Å². The molecule has 0 bridgehead atoms. The number of hydrogen-bond acceptors (Lipinski definition) is 2. The summed E-state index contributed by atoms with van der Waals surface area (Å²) < 4.78 is 20.4. The van der Waals surface area contributed by atoms with Gasteiger partial charge in [0.2, 0.25) is 0 Å². The maximum atomic E-state index is 10.2. The van der Waals surface area contributed by atoms with Gasteiger partial charge in [-0.15, -0.1) is 0 Å². The standard InChI is InChI=1S/C6H6O2S.Zn/c7-9(8)6-4-2-1-3-5-6;/h1-5H,(H,7,8);/p-1. The zero-order valence-electron chi connectivity index (χ0n) is 5.32. The molecular formula is C6H5O2SZn-. The quantitative estimate of drug-likeness (QED) is 0.507. The van der Waals surface area contributed by atoms with Crippen LogP contribution in [0.2, 0.25) is 0 Å². The molecule has 1 unspecified atom stereocenters. The summed E-state index contributed by atoms with van der Waals surface area (Å²) >= 11 is -2.08. The number of hydrogen-bond donors (Lipinski definition) is 0. The third-order valence-electron chi connectivity index (χ3n) is 0.936. The molecule has 0 heterocycles. The van der Waals surface area contributed by atoms with Gasteiger partial charge in [0.25, 0.3) is 0 Å². The first-order valence-electron chi connectivity index (χ1n) is 2.45. The topological polar surface area (TPSA) is 40.1 Å². The maximum Gasteiger partial charge on any atom is 0.0248 e. The third kappa shape index (κ3) is 2.69. The predicted molar refractivity (Wildman–Crippen MR) is 33.6 cm³/mol. The van der Waals surface area contributed by atoms with Gasteiger partial charge < -0.3 is 4.55 Å². The Labute approximate surface area is 74.7 Å². The van der Waals surface area contributed by atoms with Gasteiger partial charge in [0.1, 0.15) is 0 Å². The predicted octanol–water partition coefficient (Wildman–Crippen LogP) is 0.922. The van der Waals surface area contributed by atoms with Crippen LogP contribution in [0, 0.1) is 0 Å². The van der Waals surface area contributed by atoms with Crippen LogP contribution in [-0.2, 0) is 30.6 Å². The fourth-order valence-electron chi connectivity index (χ4n) is 0.532. The van der Waals surface area contributed by atoms with Gasteiger partial charge in [-0.3, -0.25) is 4.21 Å². The van der Waals surface area contributed by atoms with Gasteiger partial charge in [-0.1, -0.05) is 18.2 Å². The van der Waals surface area contributed by atoms with Crippen molar-refractivity contribution in [2.45, 2.75) is 4.90 Å². The van der Waals surface area contributed by atoms with E-state index < -0.39 is 11.1 Å². The van der Waals surface area contributed by atoms with Crippen molar-refractivity contribution in [1.82, 2.24) is 0 Å². The molecule has 1 aromatic carbocycles. The molecule has 1 atom stereocenters. The molecule has 0 fully saturated rings. The van der Waals surface area contributed by atoms with E-state index >= 15 is 0 Å². The molecule has 0 amide bonds. The molecule has 50 valence electrons. The molecule has 10 heavy (non-hydrogen) atoms. The first-order valence-corrected chi connectivity index (χ1v) is 3.52. The minimum atomic E-state index is -2.08. The molecule has 0 saturated carbocycles.